The molecule has 0 aromatic rings. The molecule has 0 fully saturated rings. The largest absolute Gasteiger partial charge is 0.462 e. The van der Waals surface area contributed by atoms with Gasteiger partial charge in [-0.15, -0.1) is 0 Å². The molecule has 0 bridgehead atoms. The smallest absolute Gasteiger partial charge is 0.306 e. The highest BCUT2D eigenvalue weighted by Crippen LogP contribution is 2.16. The van der Waals surface area contributed by atoms with E-state index in [1.807, 2.05) is 0 Å². The Hall–Kier alpha value is -2.37. The lowest BCUT2D eigenvalue weighted by atomic mass is 10.0. The first kappa shape index (κ1) is 60.6. The van der Waals surface area contributed by atoms with Crippen molar-refractivity contribution in [3.05, 3.63) is 36.5 Å². The Balaban J connectivity index is 4.03. The molecule has 63 heavy (non-hydrogen) atoms. The van der Waals surface area contributed by atoms with Gasteiger partial charge in [-0.2, -0.15) is 0 Å². The zero-order chi connectivity index (χ0) is 45.8. The third kappa shape index (κ3) is 50.5. The third-order valence-corrected chi connectivity index (χ3v) is 12.1. The zero-order valence-electron chi connectivity index (χ0n) is 42.1. The molecule has 0 aromatic carbocycles. The minimum Gasteiger partial charge on any atom is -0.462 e. The molecule has 0 radical (unpaired) electrons. The summed E-state index contributed by atoms with van der Waals surface area (Å²) in [5.74, 6) is -0.880. The SMILES string of the molecule is CCCC/C=C\CCCCCCCC(=O)OC(COC(=O)CCCCCCCCC)COC(=O)CCCCCCCCCCCCCCCCC/C=C\C/C=C\CCCCCCC. The number of hydrogen-bond donors (Lipinski definition) is 0. The van der Waals surface area contributed by atoms with E-state index in [-0.39, 0.29) is 31.1 Å². The first-order valence-electron chi connectivity index (χ1n) is 27.5. The van der Waals surface area contributed by atoms with Crippen LogP contribution in [0.5, 0.6) is 0 Å². The molecular weight excluding hydrogens is 781 g/mol. The lowest BCUT2D eigenvalue weighted by Crippen LogP contribution is -2.30. The van der Waals surface area contributed by atoms with Gasteiger partial charge in [-0.25, -0.2) is 0 Å². The lowest BCUT2D eigenvalue weighted by Gasteiger charge is -2.18. The minimum absolute atomic E-state index is 0.0727. The highest BCUT2D eigenvalue weighted by molar-refractivity contribution is 5.71. The summed E-state index contributed by atoms with van der Waals surface area (Å²) in [5, 5.41) is 0. The molecule has 0 N–H and O–H groups in total. The summed E-state index contributed by atoms with van der Waals surface area (Å²) < 4.78 is 16.7. The zero-order valence-corrected chi connectivity index (χ0v) is 42.1. The highest BCUT2D eigenvalue weighted by atomic mass is 16.6. The minimum atomic E-state index is -0.770. The Morgan fingerprint density at radius 2 is 0.587 bits per heavy atom. The Labute approximate surface area is 391 Å². The number of esters is 3. The van der Waals surface area contributed by atoms with Crippen molar-refractivity contribution in [2.45, 2.75) is 297 Å². The predicted octanol–water partition coefficient (Wildman–Crippen LogP) is 18.1. The maximum absolute atomic E-state index is 12.7. The van der Waals surface area contributed by atoms with E-state index in [1.54, 1.807) is 0 Å². The second-order valence-electron chi connectivity index (χ2n) is 18.5. The molecule has 0 aliphatic rings. The van der Waals surface area contributed by atoms with Crippen LogP contribution in [0.1, 0.15) is 290 Å². The molecule has 0 saturated carbocycles. The number of unbranched alkanes of at least 4 members (excludes halogenated alkanes) is 33. The fourth-order valence-corrected chi connectivity index (χ4v) is 7.93. The predicted molar refractivity (Wildman–Crippen MR) is 270 cm³/mol. The molecule has 1 atom stereocenters. The van der Waals surface area contributed by atoms with E-state index >= 15 is 0 Å². The first-order chi connectivity index (χ1) is 31.0. The van der Waals surface area contributed by atoms with Gasteiger partial charge < -0.3 is 14.2 Å². The molecule has 0 saturated heterocycles. The summed E-state index contributed by atoms with van der Waals surface area (Å²) in [4.78, 5) is 37.7. The standard InChI is InChI=1S/C57H104O6/c1-4-7-10-13-16-18-20-21-22-23-24-25-26-27-28-29-30-31-32-33-34-35-37-38-41-44-47-50-56(59)62-53-54(52-61-55(58)49-46-43-40-15-12-9-6-3)63-57(60)51-48-45-42-39-36-19-17-14-11-8-5-2/h14,17,20-21,23-24,54H,4-13,15-16,18-19,22,25-53H2,1-3H3/b17-14-,21-20-,24-23-. The van der Waals surface area contributed by atoms with Gasteiger partial charge in [0.25, 0.3) is 0 Å². The van der Waals surface area contributed by atoms with Crippen molar-refractivity contribution in [1.29, 1.82) is 0 Å². The van der Waals surface area contributed by atoms with Gasteiger partial charge in [0.15, 0.2) is 6.10 Å². The van der Waals surface area contributed by atoms with Crippen LogP contribution in [0, 0.1) is 0 Å². The van der Waals surface area contributed by atoms with Crippen LogP contribution in [0.15, 0.2) is 36.5 Å². The molecule has 0 aliphatic carbocycles. The Morgan fingerprint density at radius 1 is 0.317 bits per heavy atom. The van der Waals surface area contributed by atoms with Crippen molar-refractivity contribution in [2.24, 2.45) is 0 Å². The van der Waals surface area contributed by atoms with Crippen LogP contribution in [0.4, 0.5) is 0 Å². The summed E-state index contributed by atoms with van der Waals surface area (Å²) in [5.41, 5.74) is 0. The van der Waals surface area contributed by atoms with Gasteiger partial charge in [0.05, 0.1) is 0 Å². The average Bonchev–Trinajstić information content (AvgIpc) is 3.28. The molecule has 0 rings (SSSR count). The molecule has 6 heteroatoms. The number of allylic oxidation sites excluding steroid dienone is 6. The van der Waals surface area contributed by atoms with Crippen molar-refractivity contribution in [1.82, 2.24) is 0 Å². The fraction of sp³-hybridized carbons (Fsp3) is 0.842. The van der Waals surface area contributed by atoms with Crippen molar-refractivity contribution >= 4 is 17.9 Å². The van der Waals surface area contributed by atoms with E-state index in [9.17, 15) is 14.4 Å². The molecule has 0 aromatic heterocycles. The molecule has 0 spiro atoms. The van der Waals surface area contributed by atoms with Gasteiger partial charge in [-0.3, -0.25) is 14.4 Å². The summed E-state index contributed by atoms with van der Waals surface area (Å²) in [6.45, 7) is 6.56. The van der Waals surface area contributed by atoms with Gasteiger partial charge in [0, 0.05) is 19.3 Å². The van der Waals surface area contributed by atoms with Crippen LogP contribution >= 0.6 is 0 Å². The third-order valence-electron chi connectivity index (χ3n) is 12.1. The molecule has 1 unspecified atom stereocenters. The molecule has 6 nitrogen and oxygen atoms in total. The Bertz CT molecular complexity index is 1060. The number of hydrogen-bond acceptors (Lipinski definition) is 6. The quantitative estimate of drug-likeness (QED) is 0.0262. The number of carbonyl (C=O) groups is 3. The van der Waals surface area contributed by atoms with Crippen molar-refractivity contribution in [3.63, 3.8) is 0 Å². The van der Waals surface area contributed by atoms with Crippen LogP contribution in [0.3, 0.4) is 0 Å². The van der Waals surface area contributed by atoms with Crippen LogP contribution in [0.25, 0.3) is 0 Å². The first-order valence-corrected chi connectivity index (χ1v) is 27.5. The van der Waals surface area contributed by atoms with E-state index < -0.39 is 6.10 Å². The fourth-order valence-electron chi connectivity index (χ4n) is 7.93. The van der Waals surface area contributed by atoms with Crippen molar-refractivity contribution in [3.8, 4) is 0 Å². The van der Waals surface area contributed by atoms with Crippen LogP contribution in [-0.2, 0) is 28.6 Å². The topological polar surface area (TPSA) is 78.9 Å². The molecular formula is C57H104O6. The van der Waals surface area contributed by atoms with Crippen LogP contribution < -0.4 is 0 Å². The highest BCUT2D eigenvalue weighted by Gasteiger charge is 2.19. The average molecular weight is 885 g/mol. The second kappa shape index (κ2) is 52.3. The second-order valence-corrected chi connectivity index (χ2v) is 18.5. The summed E-state index contributed by atoms with van der Waals surface area (Å²) in [7, 11) is 0. The van der Waals surface area contributed by atoms with Crippen LogP contribution in [-0.4, -0.2) is 37.2 Å². The lowest BCUT2D eigenvalue weighted by molar-refractivity contribution is -0.167. The van der Waals surface area contributed by atoms with E-state index in [1.165, 1.54) is 173 Å². The van der Waals surface area contributed by atoms with Gasteiger partial charge in [0.2, 0.25) is 0 Å². The normalized spacial score (nSPS) is 12.2. The van der Waals surface area contributed by atoms with Gasteiger partial charge in [-0.05, 0) is 70.6 Å². The Morgan fingerprint density at radius 3 is 0.937 bits per heavy atom. The number of carbonyl (C=O) groups excluding carboxylic acids is 3. The maximum atomic E-state index is 12.7. The molecule has 0 aliphatic heterocycles. The summed E-state index contributed by atoms with van der Waals surface area (Å²) in [6, 6.07) is 0. The van der Waals surface area contributed by atoms with E-state index in [0.29, 0.717) is 19.3 Å². The van der Waals surface area contributed by atoms with Gasteiger partial charge >= 0.3 is 17.9 Å². The monoisotopic (exact) mass is 885 g/mol. The van der Waals surface area contributed by atoms with Gasteiger partial charge in [0.1, 0.15) is 13.2 Å². The molecule has 0 heterocycles. The number of rotatable bonds is 50. The van der Waals surface area contributed by atoms with Crippen molar-refractivity contribution < 1.29 is 28.6 Å². The van der Waals surface area contributed by atoms with Crippen molar-refractivity contribution in [2.75, 3.05) is 13.2 Å². The molecule has 0 amide bonds. The summed E-state index contributed by atoms with van der Waals surface area (Å²) >= 11 is 0. The van der Waals surface area contributed by atoms with Gasteiger partial charge in [-0.1, -0.05) is 237 Å². The van der Waals surface area contributed by atoms with E-state index in [0.717, 1.165) is 77.0 Å². The van der Waals surface area contributed by atoms with E-state index in [2.05, 4.69) is 57.2 Å². The maximum Gasteiger partial charge on any atom is 0.306 e. The number of ether oxygens (including phenoxy) is 3. The summed E-state index contributed by atoms with van der Waals surface area (Å²) in [6.07, 6.45) is 61.7. The van der Waals surface area contributed by atoms with Crippen LogP contribution in [0.2, 0.25) is 0 Å². The van der Waals surface area contributed by atoms with E-state index in [4.69, 9.17) is 14.2 Å². The molecule has 368 valence electrons. The Kier molecular flexibility index (Phi) is 50.3.